The van der Waals surface area contributed by atoms with Gasteiger partial charge in [0.2, 0.25) is 11.9 Å². The zero-order chi connectivity index (χ0) is 13.9. The summed E-state index contributed by atoms with van der Waals surface area (Å²) >= 11 is 1.43. The number of carbonyl (C=O) groups is 1. The third-order valence-electron chi connectivity index (χ3n) is 3.91. The number of amides is 1. The maximum Gasteiger partial charge on any atom is 0.230 e. The first-order valence-corrected chi connectivity index (χ1v) is 8.35. The standard InChI is InChI=1S/C13H21N5OS/c14-12-16-17-13(18(12)10-6-7-10)20-8-11(19)15-9-4-2-1-3-5-9/h9-10H,1-8H2,(H2,14,16)(H,15,19). The van der Waals surface area contributed by atoms with E-state index in [1.54, 1.807) is 0 Å². The first kappa shape index (κ1) is 13.7. The van der Waals surface area contributed by atoms with Gasteiger partial charge in [0, 0.05) is 12.1 Å². The lowest BCUT2D eigenvalue weighted by molar-refractivity contribution is -0.119. The Labute approximate surface area is 122 Å². The topological polar surface area (TPSA) is 85.8 Å². The summed E-state index contributed by atoms with van der Waals surface area (Å²) in [6.07, 6.45) is 8.23. The van der Waals surface area contributed by atoms with Crippen molar-refractivity contribution in [3.8, 4) is 0 Å². The average Bonchev–Trinajstić information content (AvgIpc) is 3.21. The third kappa shape index (κ3) is 3.26. The molecule has 0 aliphatic heterocycles. The van der Waals surface area contributed by atoms with E-state index in [1.165, 1.54) is 31.0 Å². The van der Waals surface area contributed by atoms with Gasteiger partial charge < -0.3 is 11.1 Å². The Morgan fingerprint density at radius 1 is 1.25 bits per heavy atom. The van der Waals surface area contributed by atoms with E-state index in [4.69, 9.17) is 5.73 Å². The first-order valence-electron chi connectivity index (χ1n) is 7.36. The fourth-order valence-electron chi connectivity index (χ4n) is 2.71. The number of nitrogens with one attached hydrogen (secondary N) is 1. The molecule has 0 radical (unpaired) electrons. The van der Waals surface area contributed by atoms with Gasteiger partial charge in [-0.15, -0.1) is 10.2 Å². The van der Waals surface area contributed by atoms with Crippen LogP contribution in [0, 0.1) is 0 Å². The van der Waals surface area contributed by atoms with Crippen LogP contribution in [0.15, 0.2) is 5.16 Å². The van der Waals surface area contributed by atoms with Crippen molar-refractivity contribution in [2.45, 2.75) is 62.2 Å². The van der Waals surface area contributed by atoms with Crippen LogP contribution < -0.4 is 11.1 Å². The zero-order valence-corrected chi connectivity index (χ0v) is 12.4. The monoisotopic (exact) mass is 295 g/mol. The van der Waals surface area contributed by atoms with Crippen LogP contribution >= 0.6 is 11.8 Å². The number of thioether (sulfide) groups is 1. The Balaban J connectivity index is 1.50. The molecule has 3 N–H and O–H groups in total. The van der Waals surface area contributed by atoms with Crippen LogP contribution in [0.25, 0.3) is 0 Å². The van der Waals surface area contributed by atoms with E-state index in [-0.39, 0.29) is 5.91 Å². The van der Waals surface area contributed by atoms with Crippen molar-refractivity contribution in [1.82, 2.24) is 20.1 Å². The van der Waals surface area contributed by atoms with E-state index in [0.29, 0.717) is 23.8 Å². The minimum Gasteiger partial charge on any atom is -0.368 e. The summed E-state index contributed by atoms with van der Waals surface area (Å²) in [6.45, 7) is 0. The smallest absolute Gasteiger partial charge is 0.230 e. The van der Waals surface area contributed by atoms with Crippen LogP contribution in [0.3, 0.4) is 0 Å². The van der Waals surface area contributed by atoms with E-state index >= 15 is 0 Å². The number of rotatable bonds is 5. The molecule has 0 saturated heterocycles. The molecule has 3 rings (SSSR count). The van der Waals surface area contributed by atoms with E-state index in [0.717, 1.165) is 30.8 Å². The largest absolute Gasteiger partial charge is 0.368 e. The number of aromatic nitrogens is 3. The molecule has 0 bridgehead atoms. The minimum atomic E-state index is 0.0887. The lowest BCUT2D eigenvalue weighted by Crippen LogP contribution is -2.37. The molecule has 2 aliphatic rings. The van der Waals surface area contributed by atoms with Gasteiger partial charge in [-0.2, -0.15) is 0 Å². The van der Waals surface area contributed by atoms with Crippen LogP contribution in [0.4, 0.5) is 5.95 Å². The highest BCUT2D eigenvalue weighted by atomic mass is 32.2. The van der Waals surface area contributed by atoms with Crippen molar-refractivity contribution in [2.24, 2.45) is 0 Å². The van der Waals surface area contributed by atoms with Gasteiger partial charge in [0.05, 0.1) is 5.75 Å². The Morgan fingerprint density at radius 2 is 2.00 bits per heavy atom. The number of anilines is 1. The van der Waals surface area contributed by atoms with Crippen LogP contribution in [0.5, 0.6) is 0 Å². The summed E-state index contributed by atoms with van der Waals surface area (Å²) < 4.78 is 1.96. The van der Waals surface area contributed by atoms with Crippen LogP contribution in [0.1, 0.15) is 51.0 Å². The number of hydrogen-bond acceptors (Lipinski definition) is 5. The predicted molar refractivity (Wildman–Crippen MR) is 78.4 cm³/mol. The van der Waals surface area contributed by atoms with Crippen molar-refractivity contribution in [3.05, 3.63) is 0 Å². The van der Waals surface area contributed by atoms with Crippen LogP contribution in [-0.2, 0) is 4.79 Å². The van der Waals surface area contributed by atoms with Gasteiger partial charge in [-0.3, -0.25) is 9.36 Å². The van der Waals surface area contributed by atoms with E-state index in [9.17, 15) is 4.79 Å². The molecular weight excluding hydrogens is 274 g/mol. The Hall–Kier alpha value is -1.24. The number of nitrogens with zero attached hydrogens (tertiary/aromatic N) is 3. The molecule has 2 saturated carbocycles. The van der Waals surface area contributed by atoms with Gasteiger partial charge in [0.25, 0.3) is 0 Å². The number of nitrogen functional groups attached to an aromatic ring is 1. The van der Waals surface area contributed by atoms with Gasteiger partial charge in [-0.1, -0.05) is 31.0 Å². The molecule has 6 nitrogen and oxygen atoms in total. The molecule has 0 aromatic carbocycles. The molecule has 0 spiro atoms. The van der Waals surface area contributed by atoms with Gasteiger partial charge in [0.1, 0.15) is 0 Å². The summed E-state index contributed by atoms with van der Waals surface area (Å²) in [5.74, 6) is 0.940. The lowest BCUT2D eigenvalue weighted by atomic mass is 9.95. The van der Waals surface area contributed by atoms with Crippen LogP contribution in [0.2, 0.25) is 0 Å². The summed E-state index contributed by atoms with van der Waals surface area (Å²) in [6, 6.07) is 0.803. The highest BCUT2D eigenvalue weighted by Gasteiger charge is 2.29. The van der Waals surface area contributed by atoms with Crippen molar-refractivity contribution in [2.75, 3.05) is 11.5 Å². The molecule has 110 valence electrons. The van der Waals surface area contributed by atoms with Crippen molar-refractivity contribution >= 4 is 23.6 Å². The summed E-state index contributed by atoms with van der Waals surface area (Å²) in [5.41, 5.74) is 5.81. The van der Waals surface area contributed by atoms with E-state index in [2.05, 4.69) is 15.5 Å². The predicted octanol–water partition coefficient (Wildman–Crippen LogP) is 1.74. The highest BCUT2D eigenvalue weighted by Crippen LogP contribution is 2.39. The van der Waals surface area contributed by atoms with Crippen molar-refractivity contribution in [1.29, 1.82) is 0 Å². The second-order valence-corrected chi connectivity index (χ2v) is 6.58. The third-order valence-corrected chi connectivity index (χ3v) is 4.85. The molecule has 2 aliphatic carbocycles. The maximum absolute atomic E-state index is 12.0. The van der Waals surface area contributed by atoms with Gasteiger partial charge in [0.15, 0.2) is 5.16 Å². The normalized spacial score (nSPS) is 20.0. The molecule has 0 atom stereocenters. The second-order valence-electron chi connectivity index (χ2n) is 5.63. The van der Waals surface area contributed by atoms with Gasteiger partial charge in [-0.25, -0.2) is 0 Å². The molecule has 7 heteroatoms. The molecule has 1 heterocycles. The zero-order valence-electron chi connectivity index (χ0n) is 11.5. The molecule has 20 heavy (non-hydrogen) atoms. The van der Waals surface area contributed by atoms with Gasteiger partial charge in [-0.05, 0) is 25.7 Å². The Kier molecular flexibility index (Phi) is 4.14. The summed E-state index contributed by atoms with van der Waals surface area (Å²) in [4.78, 5) is 12.0. The number of hydrogen-bond donors (Lipinski definition) is 2. The van der Waals surface area contributed by atoms with E-state index < -0.39 is 0 Å². The van der Waals surface area contributed by atoms with Crippen molar-refractivity contribution < 1.29 is 4.79 Å². The van der Waals surface area contributed by atoms with Gasteiger partial charge >= 0.3 is 0 Å². The first-order chi connectivity index (χ1) is 9.74. The number of nitrogens with two attached hydrogens (primary N) is 1. The molecule has 1 amide bonds. The highest BCUT2D eigenvalue weighted by molar-refractivity contribution is 7.99. The molecule has 2 fully saturated rings. The second kappa shape index (κ2) is 6.03. The molecule has 1 aromatic rings. The van der Waals surface area contributed by atoms with Crippen molar-refractivity contribution in [3.63, 3.8) is 0 Å². The average molecular weight is 295 g/mol. The summed E-state index contributed by atoms with van der Waals surface area (Å²) in [7, 11) is 0. The fraction of sp³-hybridized carbons (Fsp3) is 0.769. The number of carbonyl (C=O) groups excluding carboxylic acids is 1. The Bertz CT molecular complexity index is 479. The quantitative estimate of drug-likeness (QED) is 0.808. The van der Waals surface area contributed by atoms with E-state index in [1.807, 2.05) is 4.57 Å². The molecule has 0 unspecified atom stereocenters. The molecular formula is C13H21N5OS. The molecule has 1 aromatic heterocycles. The maximum atomic E-state index is 12.0. The Morgan fingerprint density at radius 3 is 2.70 bits per heavy atom. The lowest BCUT2D eigenvalue weighted by Gasteiger charge is -2.22. The van der Waals surface area contributed by atoms with Crippen LogP contribution in [-0.4, -0.2) is 32.5 Å². The summed E-state index contributed by atoms with van der Waals surface area (Å²) in [5, 5.41) is 11.9. The minimum absolute atomic E-state index is 0.0887. The fourth-order valence-corrected chi connectivity index (χ4v) is 3.53. The SMILES string of the molecule is Nc1nnc(SCC(=O)NC2CCCCC2)n1C1CC1.